The highest BCUT2D eigenvalue weighted by Crippen LogP contribution is 2.29. The Bertz CT molecular complexity index is 454. The predicted molar refractivity (Wildman–Crippen MR) is 45.3 cm³/mol. The molecule has 0 fully saturated rings. The highest BCUT2D eigenvalue weighted by atomic mass is 19.3. The van der Waals surface area contributed by atoms with Crippen molar-refractivity contribution in [2.45, 2.75) is 6.43 Å². The van der Waals surface area contributed by atoms with Crippen molar-refractivity contribution in [1.82, 2.24) is 4.98 Å². The van der Waals surface area contributed by atoms with Crippen molar-refractivity contribution in [2.24, 2.45) is 0 Å². The number of aromatic nitrogens is 1. The number of alkyl halides is 2. The normalized spacial score (nSPS) is 10.0. The summed E-state index contributed by atoms with van der Waals surface area (Å²) in [6.45, 7) is 0. The first-order valence-corrected chi connectivity index (χ1v) is 3.69. The van der Waals surface area contributed by atoms with Crippen molar-refractivity contribution >= 4 is 11.7 Å². The second-order valence-corrected chi connectivity index (χ2v) is 2.57. The largest absolute Gasteiger partial charge is 0.476 e. The zero-order valence-electron chi connectivity index (χ0n) is 7.24. The minimum absolute atomic E-state index is 0.397. The topological polar surface area (TPSA) is 100 Å². The maximum Gasteiger partial charge on any atom is 0.355 e. The molecular weight excluding hydrogens is 208 g/mol. The number of aromatic carboxylic acids is 1. The molecule has 3 N–H and O–H groups in total. The van der Waals surface area contributed by atoms with Gasteiger partial charge in [0.05, 0.1) is 23.0 Å². The molecule has 0 bridgehead atoms. The fraction of sp³-hybridized carbons (Fsp3) is 0.125. The highest BCUT2D eigenvalue weighted by molar-refractivity contribution is 5.89. The number of nitrogens with two attached hydrogens (primary N) is 1. The van der Waals surface area contributed by atoms with E-state index in [0.717, 1.165) is 6.20 Å². The number of pyridine rings is 1. The number of halogens is 2. The predicted octanol–water partition coefficient (Wildman–Crippen LogP) is 1.17. The third-order valence-corrected chi connectivity index (χ3v) is 1.68. The third kappa shape index (κ3) is 1.83. The monoisotopic (exact) mass is 213 g/mol. The molecular formula is C8H5F2N3O2. The second-order valence-electron chi connectivity index (χ2n) is 2.57. The summed E-state index contributed by atoms with van der Waals surface area (Å²) in [5.41, 5.74) is 2.58. The molecule has 78 valence electrons. The molecule has 7 heteroatoms. The van der Waals surface area contributed by atoms with E-state index in [1.54, 1.807) is 0 Å². The Morgan fingerprint density at radius 3 is 2.67 bits per heavy atom. The summed E-state index contributed by atoms with van der Waals surface area (Å²) in [5, 5.41) is 17.2. The van der Waals surface area contributed by atoms with Crippen LogP contribution in [0.1, 0.15) is 28.0 Å². The number of carbonyl (C=O) groups is 1. The van der Waals surface area contributed by atoms with E-state index in [4.69, 9.17) is 16.1 Å². The first kappa shape index (κ1) is 10.8. The van der Waals surface area contributed by atoms with Crippen molar-refractivity contribution < 1.29 is 18.7 Å². The lowest BCUT2D eigenvalue weighted by molar-refractivity contribution is 0.0689. The summed E-state index contributed by atoms with van der Waals surface area (Å²) >= 11 is 0. The van der Waals surface area contributed by atoms with E-state index in [1.165, 1.54) is 6.07 Å². The molecule has 0 radical (unpaired) electrons. The van der Waals surface area contributed by atoms with E-state index in [9.17, 15) is 13.6 Å². The molecule has 1 aromatic rings. The molecule has 0 aliphatic heterocycles. The van der Waals surface area contributed by atoms with E-state index in [1.807, 2.05) is 0 Å². The Morgan fingerprint density at radius 2 is 2.27 bits per heavy atom. The van der Waals surface area contributed by atoms with Gasteiger partial charge in [0.25, 0.3) is 6.43 Å². The van der Waals surface area contributed by atoms with Gasteiger partial charge in [0.1, 0.15) is 6.07 Å². The Labute approximate surface area is 82.8 Å². The van der Waals surface area contributed by atoms with Gasteiger partial charge in [0.15, 0.2) is 5.69 Å². The third-order valence-electron chi connectivity index (χ3n) is 1.68. The number of nitrogens with zero attached hydrogens (tertiary/aromatic N) is 2. The van der Waals surface area contributed by atoms with Gasteiger partial charge < -0.3 is 10.8 Å². The molecule has 0 aliphatic rings. The molecule has 0 atom stereocenters. The molecule has 0 amide bonds. The molecule has 1 aromatic heterocycles. The van der Waals surface area contributed by atoms with Crippen LogP contribution in [0, 0.1) is 11.3 Å². The lowest BCUT2D eigenvalue weighted by Crippen LogP contribution is -2.09. The first-order valence-electron chi connectivity index (χ1n) is 3.69. The number of carboxylic acids is 1. The standard InChI is InChI=1S/C8H5F2N3O2/c9-7(10)5-3(1-11)6(8(14)15)13-2-4(5)12/h2,7H,12H2,(H,14,15). The lowest BCUT2D eigenvalue weighted by atomic mass is 10.1. The number of nitrogen functional groups attached to an aromatic ring is 1. The maximum atomic E-state index is 12.5. The Balaban J connectivity index is 3.56. The molecule has 0 saturated heterocycles. The Morgan fingerprint density at radius 1 is 1.67 bits per heavy atom. The van der Waals surface area contributed by atoms with Crippen LogP contribution in [0.15, 0.2) is 6.20 Å². The van der Waals surface area contributed by atoms with Gasteiger partial charge in [-0.3, -0.25) is 0 Å². The first-order chi connectivity index (χ1) is 6.99. The second kappa shape index (κ2) is 3.88. The minimum atomic E-state index is -3.01. The van der Waals surface area contributed by atoms with Crippen LogP contribution in [0.4, 0.5) is 14.5 Å². The number of anilines is 1. The Hall–Kier alpha value is -2.23. The molecule has 0 aliphatic carbocycles. The number of hydrogen-bond donors (Lipinski definition) is 2. The van der Waals surface area contributed by atoms with Crippen molar-refractivity contribution in [2.75, 3.05) is 5.73 Å². The zero-order valence-corrected chi connectivity index (χ0v) is 7.24. The molecule has 5 nitrogen and oxygen atoms in total. The summed E-state index contributed by atoms with van der Waals surface area (Å²) < 4.78 is 24.9. The fourth-order valence-electron chi connectivity index (χ4n) is 1.05. The smallest absolute Gasteiger partial charge is 0.355 e. The molecule has 15 heavy (non-hydrogen) atoms. The summed E-state index contributed by atoms with van der Waals surface area (Å²) in [6.07, 6.45) is -2.22. The highest BCUT2D eigenvalue weighted by Gasteiger charge is 2.23. The van der Waals surface area contributed by atoms with Gasteiger partial charge in [-0.15, -0.1) is 0 Å². The molecule has 0 spiro atoms. The summed E-state index contributed by atoms with van der Waals surface area (Å²) in [6, 6.07) is 1.36. The molecule has 1 heterocycles. The zero-order chi connectivity index (χ0) is 11.6. The van der Waals surface area contributed by atoms with Gasteiger partial charge >= 0.3 is 5.97 Å². The van der Waals surface area contributed by atoms with Crippen molar-refractivity contribution in [1.29, 1.82) is 5.26 Å². The van der Waals surface area contributed by atoms with Gasteiger partial charge in [0, 0.05) is 0 Å². The van der Waals surface area contributed by atoms with Gasteiger partial charge in [-0.05, 0) is 0 Å². The van der Waals surface area contributed by atoms with Crippen LogP contribution in [0.25, 0.3) is 0 Å². The van der Waals surface area contributed by atoms with Crippen molar-refractivity contribution in [3.8, 4) is 6.07 Å². The number of nitriles is 1. The van der Waals surface area contributed by atoms with Crippen LogP contribution in [0.5, 0.6) is 0 Å². The van der Waals surface area contributed by atoms with Gasteiger partial charge in [0.2, 0.25) is 0 Å². The van der Waals surface area contributed by atoms with Crippen molar-refractivity contribution in [3.63, 3.8) is 0 Å². The average molecular weight is 213 g/mol. The maximum absolute atomic E-state index is 12.5. The average Bonchev–Trinajstić information content (AvgIpc) is 2.15. The van der Waals surface area contributed by atoms with E-state index >= 15 is 0 Å². The summed E-state index contributed by atoms with van der Waals surface area (Å²) in [4.78, 5) is 13.9. The van der Waals surface area contributed by atoms with Gasteiger partial charge in [-0.2, -0.15) is 5.26 Å². The van der Waals surface area contributed by atoms with E-state index in [0.29, 0.717) is 0 Å². The van der Waals surface area contributed by atoms with Crippen molar-refractivity contribution in [3.05, 3.63) is 23.0 Å². The lowest BCUT2D eigenvalue weighted by Gasteiger charge is -2.07. The van der Waals surface area contributed by atoms with Crippen LogP contribution in [-0.2, 0) is 0 Å². The summed E-state index contributed by atoms with van der Waals surface area (Å²) in [7, 11) is 0. The quantitative estimate of drug-likeness (QED) is 0.767. The number of rotatable bonds is 2. The van der Waals surface area contributed by atoms with Crippen LogP contribution < -0.4 is 5.73 Å². The molecule has 0 aromatic carbocycles. The van der Waals surface area contributed by atoms with Crippen LogP contribution in [0.2, 0.25) is 0 Å². The van der Waals surface area contributed by atoms with E-state index < -0.39 is 34.9 Å². The fourth-order valence-corrected chi connectivity index (χ4v) is 1.05. The number of hydrogen-bond acceptors (Lipinski definition) is 4. The van der Waals surface area contributed by atoms with E-state index in [2.05, 4.69) is 4.98 Å². The van der Waals surface area contributed by atoms with Crippen LogP contribution in [-0.4, -0.2) is 16.1 Å². The van der Waals surface area contributed by atoms with Gasteiger partial charge in [-0.25, -0.2) is 18.6 Å². The van der Waals surface area contributed by atoms with Crippen LogP contribution in [0.3, 0.4) is 0 Å². The van der Waals surface area contributed by atoms with E-state index in [-0.39, 0.29) is 0 Å². The molecule has 0 saturated carbocycles. The number of carboxylic acid groups (broad SMARTS) is 1. The summed E-state index contributed by atoms with van der Waals surface area (Å²) in [5.74, 6) is -1.55. The minimum Gasteiger partial charge on any atom is -0.476 e. The van der Waals surface area contributed by atoms with Crippen LogP contribution >= 0.6 is 0 Å². The molecule has 1 rings (SSSR count). The van der Waals surface area contributed by atoms with Gasteiger partial charge in [-0.1, -0.05) is 0 Å². The molecule has 0 unspecified atom stereocenters. The SMILES string of the molecule is N#Cc1c(C(=O)O)ncc(N)c1C(F)F. The Kier molecular flexibility index (Phi) is 2.80.